The average molecular weight is 267 g/mol. The predicted molar refractivity (Wildman–Crippen MR) is 69.1 cm³/mol. The van der Waals surface area contributed by atoms with E-state index in [-0.39, 0.29) is 24.6 Å². The molecule has 0 saturated heterocycles. The molecule has 0 spiro atoms. The minimum atomic E-state index is -0.899. The van der Waals surface area contributed by atoms with Crippen LogP contribution in [0.3, 0.4) is 0 Å². The highest BCUT2D eigenvalue weighted by atomic mass is 19.1. The lowest BCUT2D eigenvalue weighted by atomic mass is 10.1. The summed E-state index contributed by atoms with van der Waals surface area (Å²) in [4.78, 5) is 23.6. The van der Waals surface area contributed by atoms with Crippen LogP contribution in [-0.2, 0) is 16.1 Å². The molecule has 0 bridgehead atoms. The van der Waals surface area contributed by atoms with Crippen molar-refractivity contribution in [3.63, 3.8) is 0 Å². The van der Waals surface area contributed by atoms with E-state index >= 15 is 0 Å². The summed E-state index contributed by atoms with van der Waals surface area (Å²) in [6.45, 7) is 2.07. The van der Waals surface area contributed by atoms with Gasteiger partial charge in [-0.1, -0.05) is 12.1 Å². The van der Waals surface area contributed by atoms with Crippen LogP contribution in [0, 0.1) is 12.7 Å². The summed E-state index contributed by atoms with van der Waals surface area (Å²) in [5.74, 6) is -1.27. The van der Waals surface area contributed by atoms with Crippen LogP contribution in [0.15, 0.2) is 18.2 Å². The number of amides is 1. The SMILES string of the molecule is Cc1cc(CN(C)C(=O)CCCC(=O)O)ccc1F. The van der Waals surface area contributed by atoms with Gasteiger partial charge in [-0.3, -0.25) is 9.59 Å². The lowest BCUT2D eigenvalue weighted by Gasteiger charge is -2.17. The van der Waals surface area contributed by atoms with Gasteiger partial charge in [0.2, 0.25) is 5.91 Å². The third-order valence-corrected chi connectivity index (χ3v) is 2.85. The number of benzene rings is 1. The van der Waals surface area contributed by atoms with E-state index in [0.717, 1.165) is 5.56 Å². The molecule has 0 aromatic heterocycles. The first-order valence-corrected chi connectivity index (χ1v) is 6.11. The lowest BCUT2D eigenvalue weighted by Crippen LogP contribution is -2.26. The molecule has 0 fully saturated rings. The van der Waals surface area contributed by atoms with Gasteiger partial charge in [0.1, 0.15) is 5.82 Å². The van der Waals surface area contributed by atoms with Crippen LogP contribution in [0.2, 0.25) is 0 Å². The maximum Gasteiger partial charge on any atom is 0.303 e. The maximum absolute atomic E-state index is 13.1. The third kappa shape index (κ3) is 5.07. The molecule has 0 heterocycles. The number of aryl methyl sites for hydroxylation is 1. The van der Waals surface area contributed by atoms with E-state index in [1.807, 2.05) is 0 Å². The Bertz CT molecular complexity index is 474. The van der Waals surface area contributed by atoms with Crippen LogP contribution in [0.25, 0.3) is 0 Å². The number of hydrogen-bond donors (Lipinski definition) is 1. The number of carbonyl (C=O) groups excluding carboxylic acids is 1. The first-order chi connectivity index (χ1) is 8.90. The molecular formula is C14H18FNO3. The number of carbonyl (C=O) groups is 2. The molecular weight excluding hydrogens is 249 g/mol. The zero-order valence-electron chi connectivity index (χ0n) is 11.1. The normalized spacial score (nSPS) is 10.3. The Morgan fingerprint density at radius 1 is 1.32 bits per heavy atom. The topological polar surface area (TPSA) is 57.6 Å². The quantitative estimate of drug-likeness (QED) is 0.860. The fraction of sp³-hybridized carbons (Fsp3) is 0.429. The summed E-state index contributed by atoms with van der Waals surface area (Å²) in [6.07, 6.45) is 0.541. The fourth-order valence-electron chi connectivity index (χ4n) is 1.75. The molecule has 0 aliphatic carbocycles. The molecule has 0 radical (unpaired) electrons. The van der Waals surface area contributed by atoms with Crippen molar-refractivity contribution < 1.29 is 19.1 Å². The Labute approximate surface area is 111 Å². The molecule has 1 aromatic rings. The van der Waals surface area contributed by atoms with Gasteiger partial charge in [0, 0.05) is 26.4 Å². The Morgan fingerprint density at radius 3 is 2.58 bits per heavy atom. The molecule has 0 aliphatic heterocycles. The van der Waals surface area contributed by atoms with Crippen molar-refractivity contribution in [3.8, 4) is 0 Å². The monoisotopic (exact) mass is 267 g/mol. The van der Waals surface area contributed by atoms with E-state index in [2.05, 4.69) is 0 Å². The predicted octanol–water partition coefficient (Wildman–Crippen LogP) is 2.35. The Kier molecular flexibility index (Phi) is 5.48. The molecule has 1 rings (SSSR count). The Balaban J connectivity index is 2.49. The van der Waals surface area contributed by atoms with Gasteiger partial charge in [0.25, 0.3) is 0 Å². The van der Waals surface area contributed by atoms with Crippen LogP contribution in [0.4, 0.5) is 4.39 Å². The van der Waals surface area contributed by atoms with Gasteiger partial charge < -0.3 is 10.0 Å². The number of rotatable bonds is 6. The summed E-state index contributed by atoms with van der Waals surface area (Å²) >= 11 is 0. The van der Waals surface area contributed by atoms with Crippen molar-refractivity contribution >= 4 is 11.9 Å². The van der Waals surface area contributed by atoms with Crippen LogP contribution in [-0.4, -0.2) is 28.9 Å². The maximum atomic E-state index is 13.1. The zero-order valence-corrected chi connectivity index (χ0v) is 11.1. The summed E-state index contributed by atoms with van der Waals surface area (Å²) in [5.41, 5.74) is 1.40. The van der Waals surface area contributed by atoms with Crippen molar-refractivity contribution in [1.82, 2.24) is 4.90 Å². The largest absolute Gasteiger partial charge is 0.481 e. The van der Waals surface area contributed by atoms with Gasteiger partial charge in [0.15, 0.2) is 0 Å². The average Bonchev–Trinajstić information content (AvgIpc) is 2.33. The van der Waals surface area contributed by atoms with E-state index in [0.29, 0.717) is 18.5 Å². The Morgan fingerprint density at radius 2 is 2.00 bits per heavy atom. The van der Waals surface area contributed by atoms with Gasteiger partial charge in [-0.15, -0.1) is 0 Å². The van der Waals surface area contributed by atoms with Crippen molar-refractivity contribution in [2.24, 2.45) is 0 Å². The van der Waals surface area contributed by atoms with E-state index in [9.17, 15) is 14.0 Å². The molecule has 1 amide bonds. The number of carboxylic acids is 1. The highest BCUT2D eigenvalue weighted by Gasteiger charge is 2.10. The first-order valence-electron chi connectivity index (χ1n) is 6.11. The lowest BCUT2D eigenvalue weighted by molar-refractivity contribution is -0.137. The van der Waals surface area contributed by atoms with E-state index in [4.69, 9.17) is 5.11 Å². The van der Waals surface area contributed by atoms with Crippen LogP contribution >= 0.6 is 0 Å². The van der Waals surface area contributed by atoms with Gasteiger partial charge in [0.05, 0.1) is 0 Å². The molecule has 4 nitrogen and oxygen atoms in total. The first kappa shape index (κ1) is 15.1. The summed E-state index contributed by atoms with van der Waals surface area (Å²) in [6, 6.07) is 4.73. The van der Waals surface area contributed by atoms with Crippen LogP contribution in [0.5, 0.6) is 0 Å². The highest BCUT2D eigenvalue weighted by Crippen LogP contribution is 2.11. The zero-order chi connectivity index (χ0) is 14.4. The summed E-state index contributed by atoms with van der Waals surface area (Å²) < 4.78 is 13.1. The molecule has 1 N–H and O–H groups in total. The number of halogens is 1. The summed E-state index contributed by atoms with van der Waals surface area (Å²) in [7, 11) is 1.65. The van der Waals surface area contributed by atoms with Gasteiger partial charge in [-0.25, -0.2) is 4.39 Å². The number of aliphatic carboxylic acids is 1. The smallest absolute Gasteiger partial charge is 0.303 e. The molecule has 104 valence electrons. The second kappa shape index (κ2) is 6.87. The van der Waals surface area contributed by atoms with Gasteiger partial charge in [-0.2, -0.15) is 0 Å². The van der Waals surface area contributed by atoms with Crippen molar-refractivity contribution in [2.45, 2.75) is 32.7 Å². The molecule has 0 aliphatic rings. The minimum Gasteiger partial charge on any atom is -0.481 e. The van der Waals surface area contributed by atoms with E-state index in [1.54, 1.807) is 26.1 Å². The fourth-order valence-corrected chi connectivity index (χ4v) is 1.75. The number of nitrogens with zero attached hydrogens (tertiary/aromatic N) is 1. The standard InChI is InChI=1S/C14H18FNO3/c1-10-8-11(6-7-12(10)15)9-16(2)13(17)4-3-5-14(18)19/h6-8H,3-5,9H2,1-2H3,(H,18,19). The third-order valence-electron chi connectivity index (χ3n) is 2.85. The molecule has 0 unspecified atom stereocenters. The van der Waals surface area contributed by atoms with Crippen molar-refractivity contribution in [1.29, 1.82) is 0 Å². The molecule has 5 heteroatoms. The van der Waals surface area contributed by atoms with Crippen LogP contribution < -0.4 is 0 Å². The van der Waals surface area contributed by atoms with Crippen molar-refractivity contribution in [2.75, 3.05) is 7.05 Å². The minimum absolute atomic E-state index is 0.00473. The molecule has 19 heavy (non-hydrogen) atoms. The highest BCUT2D eigenvalue weighted by molar-refractivity contribution is 5.76. The van der Waals surface area contributed by atoms with Crippen molar-refractivity contribution in [3.05, 3.63) is 35.1 Å². The van der Waals surface area contributed by atoms with E-state index in [1.165, 1.54) is 11.0 Å². The molecule has 0 atom stereocenters. The Hall–Kier alpha value is -1.91. The molecule has 0 saturated carbocycles. The van der Waals surface area contributed by atoms with Gasteiger partial charge in [-0.05, 0) is 30.5 Å². The second-order valence-corrected chi connectivity index (χ2v) is 4.58. The number of carboxylic acid groups (broad SMARTS) is 1. The second-order valence-electron chi connectivity index (χ2n) is 4.58. The van der Waals surface area contributed by atoms with Gasteiger partial charge >= 0.3 is 5.97 Å². The molecule has 1 aromatic carbocycles. The number of hydrogen-bond acceptors (Lipinski definition) is 2. The van der Waals surface area contributed by atoms with Crippen LogP contribution in [0.1, 0.15) is 30.4 Å². The van der Waals surface area contributed by atoms with E-state index < -0.39 is 5.97 Å². The summed E-state index contributed by atoms with van der Waals surface area (Å²) in [5, 5.41) is 8.50.